The minimum atomic E-state index is 0. The van der Waals surface area contributed by atoms with Gasteiger partial charge in [0.05, 0.1) is 0 Å². The summed E-state index contributed by atoms with van der Waals surface area (Å²) in [5.74, 6) is 0. The quantitative estimate of drug-likeness (QED) is 0.184. The molecule has 5 radical (unpaired) electrons. The fourth-order valence-corrected chi connectivity index (χ4v) is 3.37. The second-order valence-electron chi connectivity index (χ2n) is 9.32. The average Bonchev–Trinajstić information content (AvgIpc) is 3.32. The first kappa shape index (κ1) is 39.8. The van der Waals surface area contributed by atoms with Crippen molar-refractivity contribution in [2.75, 3.05) is 0 Å². The maximum atomic E-state index is 3.67. The number of rotatable bonds is 0. The third-order valence-corrected chi connectivity index (χ3v) is 5.05. The average molecular weight is 580 g/mol. The second kappa shape index (κ2) is 17.1. The van der Waals surface area contributed by atoms with Gasteiger partial charge in [0.2, 0.25) is 0 Å². The number of allylic oxidation sites excluding steroid dienone is 4. The maximum absolute atomic E-state index is 3.67. The monoisotopic (exact) mass is 577 g/mol. The van der Waals surface area contributed by atoms with E-state index in [1.165, 1.54) is 33.4 Å². The number of halogens is 2. The molecule has 4 rings (SSSR count). The van der Waals surface area contributed by atoms with E-state index in [-0.39, 0.29) is 80.2 Å². The van der Waals surface area contributed by atoms with Crippen LogP contribution in [0.1, 0.15) is 84.1 Å². The Morgan fingerprint density at radius 2 is 1.39 bits per heavy atom. The maximum Gasteiger partial charge on any atom is 3.00 e. The third-order valence-electron chi connectivity index (χ3n) is 5.05. The molecule has 2 aliphatic carbocycles. The van der Waals surface area contributed by atoms with Gasteiger partial charge in [0.15, 0.2) is 0 Å². The summed E-state index contributed by atoms with van der Waals surface area (Å²) >= 11 is 0. The third kappa shape index (κ3) is 10.8. The summed E-state index contributed by atoms with van der Waals surface area (Å²) in [5.41, 5.74) is 8.70. The Morgan fingerprint density at radius 3 is 1.82 bits per heavy atom. The molecule has 0 spiro atoms. The van der Waals surface area contributed by atoms with E-state index in [1.807, 2.05) is 26.0 Å². The van der Waals surface area contributed by atoms with Gasteiger partial charge in [0.25, 0.3) is 0 Å². The molecule has 0 N–H and O–H groups in total. The van der Waals surface area contributed by atoms with Crippen LogP contribution in [0.25, 0.3) is 11.1 Å². The van der Waals surface area contributed by atoms with E-state index in [0.717, 1.165) is 12.8 Å². The summed E-state index contributed by atoms with van der Waals surface area (Å²) in [6.07, 6.45) is 11.0. The zero-order valence-electron chi connectivity index (χ0n) is 21.8. The van der Waals surface area contributed by atoms with Crippen LogP contribution in [0.15, 0.2) is 48.6 Å². The number of hydrogen-bond acceptors (Lipinski definition) is 0. The van der Waals surface area contributed by atoms with Crippen LogP contribution in [0.4, 0.5) is 0 Å². The summed E-state index contributed by atoms with van der Waals surface area (Å²) in [7, 11) is 0. The van der Waals surface area contributed by atoms with Crippen molar-refractivity contribution in [3.05, 3.63) is 90.4 Å². The minimum Gasteiger partial charge on any atom is -0.358 e. The molecular formula is C29H41Cl2SiZr. The van der Waals surface area contributed by atoms with E-state index >= 15 is 0 Å². The van der Waals surface area contributed by atoms with Crippen molar-refractivity contribution in [1.29, 1.82) is 0 Å². The molecular weight excluding hydrogens is 539 g/mol. The van der Waals surface area contributed by atoms with Gasteiger partial charge in [-0.1, -0.05) is 79.2 Å². The van der Waals surface area contributed by atoms with Crippen molar-refractivity contribution in [2.45, 2.75) is 79.1 Å². The number of fused-ring (bicyclic) bond motifs is 3. The predicted octanol–water partition coefficient (Wildman–Crippen LogP) is 8.90. The van der Waals surface area contributed by atoms with Crippen molar-refractivity contribution in [2.24, 2.45) is 0 Å². The molecule has 0 aromatic heterocycles. The van der Waals surface area contributed by atoms with Gasteiger partial charge in [-0.05, 0) is 28.4 Å². The van der Waals surface area contributed by atoms with Crippen LogP contribution in [0, 0.1) is 19.6 Å². The molecule has 0 fully saturated rings. The molecule has 0 heterocycles. The Kier molecular flexibility index (Phi) is 20.6. The van der Waals surface area contributed by atoms with E-state index < -0.39 is 0 Å². The van der Waals surface area contributed by atoms with Crippen LogP contribution in [0.3, 0.4) is 0 Å². The van der Waals surface area contributed by atoms with Gasteiger partial charge < -0.3 is 7.43 Å². The van der Waals surface area contributed by atoms with E-state index in [9.17, 15) is 0 Å². The SMILES string of the molecule is CC.CC(C)(C)c1[c-]c2c(cc1)-c1ccc(C(C)(C)C)cc1C2.Cl.Cl.[C-]1=CC=CC1.[CH3-].[Si].[Zr+3]. The fourth-order valence-electron chi connectivity index (χ4n) is 3.37. The molecule has 0 amide bonds. The summed E-state index contributed by atoms with van der Waals surface area (Å²) in [4.78, 5) is 0. The molecule has 0 saturated carbocycles. The van der Waals surface area contributed by atoms with Gasteiger partial charge in [0, 0.05) is 11.0 Å². The minimum absolute atomic E-state index is 0. The van der Waals surface area contributed by atoms with Gasteiger partial charge in [-0.25, -0.2) is 12.2 Å². The zero-order valence-corrected chi connectivity index (χ0v) is 26.9. The first-order chi connectivity index (χ1) is 13.2. The molecule has 0 unspecified atom stereocenters. The Bertz CT molecular complexity index is 801. The Labute approximate surface area is 241 Å². The first-order valence-electron chi connectivity index (χ1n) is 10.6. The Balaban J connectivity index is -0.000000308. The second-order valence-corrected chi connectivity index (χ2v) is 9.32. The van der Waals surface area contributed by atoms with Crippen molar-refractivity contribution < 1.29 is 26.2 Å². The molecule has 0 aliphatic heterocycles. The van der Waals surface area contributed by atoms with Crippen LogP contribution in [-0.2, 0) is 43.5 Å². The smallest absolute Gasteiger partial charge is 0.358 e. The van der Waals surface area contributed by atoms with Crippen molar-refractivity contribution in [1.82, 2.24) is 0 Å². The Morgan fingerprint density at radius 1 is 0.818 bits per heavy atom. The topological polar surface area (TPSA) is 0 Å². The van der Waals surface area contributed by atoms with Crippen LogP contribution < -0.4 is 0 Å². The summed E-state index contributed by atoms with van der Waals surface area (Å²) in [6.45, 7) is 17.6. The van der Waals surface area contributed by atoms with Crippen LogP contribution >= 0.6 is 24.8 Å². The van der Waals surface area contributed by atoms with E-state index in [2.05, 4.69) is 90.1 Å². The Hall–Kier alpha value is -0.400. The van der Waals surface area contributed by atoms with Crippen LogP contribution in [0.2, 0.25) is 0 Å². The van der Waals surface area contributed by atoms with Crippen LogP contribution in [0.5, 0.6) is 0 Å². The summed E-state index contributed by atoms with van der Waals surface area (Å²) in [6, 6.07) is 15.2. The summed E-state index contributed by atoms with van der Waals surface area (Å²) in [5, 5.41) is 0. The molecule has 0 atom stereocenters. The van der Waals surface area contributed by atoms with Crippen LogP contribution in [-0.4, -0.2) is 11.0 Å². The zero-order chi connectivity index (χ0) is 20.9. The molecule has 33 heavy (non-hydrogen) atoms. The molecule has 2 aromatic carbocycles. The summed E-state index contributed by atoms with van der Waals surface area (Å²) < 4.78 is 0. The molecule has 2 aliphatic rings. The predicted molar refractivity (Wildman–Crippen MR) is 151 cm³/mol. The largest absolute Gasteiger partial charge is 3.00 e. The van der Waals surface area contributed by atoms with E-state index in [0.29, 0.717) is 0 Å². The molecule has 179 valence electrons. The standard InChI is InChI=1S/C21H25.C5H5.C2H6.CH3.2ClH.Si.Zr/c1-20(2,3)16-7-9-18-14(12-16)11-15-13-17(21(4,5)6)8-10-19(15)18;1-2-4-5-3-1;1-2;;;;;/h7-10,12H,11H2,1-6H3;1-3H,4H2;1-2H3;1H3;2*1H;;/q2*-1;;-1;;;;+3. The van der Waals surface area contributed by atoms with Gasteiger partial charge >= 0.3 is 26.2 Å². The first-order valence-corrected chi connectivity index (χ1v) is 10.6. The molecule has 0 saturated heterocycles. The van der Waals surface area contributed by atoms with Gasteiger partial charge in [-0.3, -0.25) is 6.08 Å². The van der Waals surface area contributed by atoms with Gasteiger partial charge in [-0.15, -0.1) is 42.4 Å². The molecule has 2 aromatic rings. The molecule has 0 nitrogen and oxygen atoms in total. The fraction of sp³-hybridized carbons (Fsp3) is 0.414. The molecule has 0 bridgehead atoms. The van der Waals surface area contributed by atoms with Gasteiger partial charge in [0.1, 0.15) is 0 Å². The van der Waals surface area contributed by atoms with Gasteiger partial charge in [-0.2, -0.15) is 29.8 Å². The number of hydrogen-bond donors (Lipinski definition) is 0. The van der Waals surface area contributed by atoms with Crippen molar-refractivity contribution in [3.8, 4) is 11.1 Å². The van der Waals surface area contributed by atoms with E-state index in [1.54, 1.807) is 0 Å². The molecule has 4 heteroatoms. The number of benzene rings is 2. The normalized spacial score (nSPS) is 11.8. The van der Waals surface area contributed by atoms with Crippen molar-refractivity contribution >= 4 is 35.8 Å². The van der Waals surface area contributed by atoms with Crippen molar-refractivity contribution in [3.63, 3.8) is 0 Å². The van der Waals surface area contributed by atoms with E-state index in [4.69, 9.17) is 0 Å².